The lowest BCUT2D eigenvalue weighted by atomic mass is 10.1. The van der Waals surface area contributed by atoms with Crippen LogP contribution >= 0.6 is 35.7 Å². The molecule has 0 aromatic heterocycles. The molecule has 2 aromatic rings. The van der Waals surface area contributed by atoms with Crippen LogP contribution in [0.2, 0.25) is 0 Å². The Hall–Kier alpha value is -2.07. The van der Waals surface area contributed by atoms with Gasteiger partial charge in [0.1, 0.15) is 0 Å². The topological polar surface area (TPSA) is 73.8 Å². The molecule has 2 aliphatic rings. The van der Waals surface area contributed by atoms with Crippen molar-refractivity contribution >= 4 is 53.5 Å². The van der Waals surface area contributed by atoms with Crippen molar-refractivity contribution in [2.75, 3.05) is 26.7 Å². The highest BCUT2D eigenvalue weighted by Crippen LogP contribution is 2.51. The number of hydrogen-bond donors (Lipinski definition) is 2. The number of amides is 2. The number of fused-ring (bicyclic) bond motifs is 1. The molecule has 0 spiro atoms. The summed E-state index contributed by atoms with van der Waals surface area (Å²) in [6.45, 7) is 1.57. The Balaban J connectivity index is 0.00000256. The molecular formula is C22H25IN4O2S. The maximum atomic E-state index is 12.4. The van der Waals surface area contributed by atoms with Crippen LogP contribution in [0, 0.1) is 0 Å². The van der Waals surface area contributed by atoms with Crippen LogP contribution in [0.15, 0.2) is 64.5 Å². The largest absolute Gasteiger partial charge is 0.355 e. The first kappa shape index (κ1) is 22.6. The number of benzene rings is 2. The van der Waals surface area contributed by atoms with E-state index in [1.807, 2.05) is 17.8 Å². The summed E-state index contributed by atoms with van der Waals surface area (Å²) in [5, 5.41) is 6.60. The van der Waals surface area contributed by atoms with Gasteiger partial charge in [-0.05, 0) is 37.1 Å². The average molecular weight is 536 g/mol. The van der Waals surface area contributed by atoms with Crippen molar-refractivity contribution in [3.63, 3.8) is 0 Å². The van der Waals surface area contributed by atoms with E-state index in [2.05, 4.69) is 39.9 Å². The van der Waals surface area contributed by atoms with Gasteiger partial charge in [-0.3, -0.25) is 19.5 Å². The summed E-state index contributed by atoms with van der Waals surface area (Å²) in [7, 11) is 1.72. The molecule has 0 saturated heterocycles. The standard InChI is InChI=1S/C22H24N4O2S.HI/c1-23-21(25-15-22(11-12-22)29-16-7-3-2-4-8-16)24-13-14-26-19(27)17-9-5-6-10-18(17)20(26)28;/h2-10H,11-15H2,1H3,(H2,23,24,25);1H. The van der Waals surface area contributed by atoms with Crippen molar-refractivity contribution in [2.45, 2.75) is 22.5 Å². The van der Waals surface area contributed by atoms with Gasteiger partial charge in [0.05, 0.1) is 11.1 Å². The molecule has 4 rings (SSSR count). The van der Waals surface area contributed by atoms with E-state index in [0.717, 1.165) is 6.54 Å². The Morgan fingerprint density at radius 1 is 1.00 bits per heavy atom. The van der Waals surface area contributed by atoms with Crippen LogP contribution in [0.4, 0.5) is 0 Å². The zero-order chi connectivity index (χ0) is 20.3. The molecular weight excluding hydrogens is 511 g/mol. The maximum absolute atomic E-state index is 12.4. The zero-order valence-corrected chi connectivity index (χ0v) is 19.9. The zero-order valence-electron chi connectivity index (χ0n) is 16.8. The average Bonchev–Trinajstić information content (AvgIpc) is 3.47. The SMILES string of the molecule is CN=C(NCCN1C(=O)c2ccccc2C1=O)NCC1(Sc2ccccc2)CC1.I. The van der Waals surface area contributed by atoms with Crippen LogP contribution < -0.4 is 10.6 Å². The van der Waals surface area contributed by atoms with Crippen molar-refractivity contribution in [1.29, 1.82) is 0 Å². The molecule has 1 fully saturated rings. The number of halogens is 1. The number of nitrogens with one attached hydrogen (secondary N) is 2. The third-order valence-corrected chi connectivity index (χ3v) is 6.69. The number of rotatable bonds is 7. The second kappa shape index (κ2) is 9.82. The molecule has 6 nitrogen and oxygen atoms in total. The number of thioether (sulfide) groups is 1. The van der Waals surface area contributed by atoms with Gasteiger partial charge in [-0.25, -0.2) is 0 Å². The second-order valence-corrected chi connectivity index (χ2v) is 8.80. The molecule has 2 amide bonds. The summed E-state index contributed by atoms with van der Waals surface area (Å²) in [5.74, 6) is 0.222. The Morgan fingerprint density at radius 2 is 1.60 bits per heavy atom. The summed E-state index contributed by atoms with van der Waals surface area (Å²) in [4.78, 5) is 31.7. The number of hydrogen-bond acceptors (Lipinski definition) is 4. The molecule has 1 heterocycles. The Labute approximate surface area is 197 Å². The van der Waals surface area contributed by atoms with Gasteiger partial charge in [-0.2, -0.15) is 0 Å². The highest BCUT2D eigenvalue weighted by atomic mass is 127. The van der Waals surface area contributed by atoms with E-state index < -0.39 is 0 Å². The summed E-state index contributed by atoms with van der Waals surface area (Å²) in [5.41, 5.74) is 0.960. The molecule has 30 heavy (non-hydrogen) atoms. The van der Waals surface area contributed by atoms with Gasteiger partial charge in [-0.1, -0.05) is 30.3 Å². The van der Waals surface area contributed by atoms with Crippen LogP contribution in [0.5, 0.6) is 0 Å². The quantitative estimate of drug-likeness (QED) is 0.246. The van der Waals surface area contributed by atoms with E-state index in [-0.39, 0.29) is 40.5 Å². The molecule has 1 saturated carbocycles. The monoisotopic (exact) mass is 536 g/mol. The Bertz CT molecular complexity index is 912. The minimum absolute atomic E-state index is 0. The molecule has 1 aliphatic carbocycles. The van der Waals surface area contributed by atoms with Gasteiger partial charge < -0.3 is 10.6 Å². The normalized spacial score (nSPS) is 16.7. The fourth-order valence-corrected chi connectivity index (χ4v) is 4.63. The Morgan fingerprint density at radius 3 is 2.17 bits per heavy atom. The minimum Gasteiger partial charge on any atom is -0.355 e. The second-order valence-electron chi connectivity index (χ2n) is 7.26. The van der Waals surface area contributed by atoms with Crippen molar-refractivity contribution in [3.8, 4) is 0 Å². The molecule has 2 aromatic carbocycles. The highest BCUT2D eigenvalue weighted by Gasteiger charge is 2.43. The number of carbonyl (C=O) groups is 2. The van der Waals surface area contributed by atoms with Crippen molar-refractivity contribution in [3.05, 3.63) is 65.7 Å². The van der Waals surface area contributed by atoms with E-state index in [9.17, 15) is 9.59 Å². The molecule has 0 bridgehead atoms. The van der Waals surface area contributed by atoms with E-state index in [1.54, 1.807) is 31.3 Å². The summed E-state index contributed by atoms with van der Waals surface area (Å²) in [6, 6.07) is 17.4. The third-order valence-electron chi connectivity index (χ3n) is 5.19. The number of nitrogens with zero attached hydrogens (tertiary/aromatic N) is 2. The van der Waals surface area contributed by atoms with Crippen molar-refractivity contribution in [2.24, 2.45) is 4.99 Å². The van der Waals surface area contributed by atoms with E-state index in [1.165, 1.54) is 22.6 Å². The van der Waals surface area contributed by atoms with Crippen LogP contribution in [-0.4, -0.2) is 54.1 Å². The molecule has 0 unspecified atom stereocenters. The fourth-order valence-electron chi connectivity index (χ4n) is 3.39. The molecule has 8 heteroatoms. The predicted molar refractivity (Wildman–Crippen MR) is 131 cm³/mol. The summed E-state index contributed by atoms with van der Waals surface area (Å²) < 4.78 is 0.210. The minimum atomic E-state index is -0.230. The lowest BCUT2D eigenvalue weighted by Gasteiger charge is -2.19. The van der Waals surface area contributed by atoms with Crippen LogP contribution in [0.1, 0.15) is 33.6 Å². The highest BCUT2D eigenvalue weighted by molar-refractivity contribution is 14.0. The van der Waals surface area contributed by atoms with Crippen LogP contribution in [0.25, 0.3) is 0 Å². The molecule has 1 aliphatic heterocycles. The van der Waals surface area contributed by atoms with Crippen LogP contribution in [0.3, 0.4) is 0 Å². The number of aliphatic imine (C=N–C) groups is 1. The van der Waals surface area contributed by atoms with Gasteiger partial charge in [0, 0.05) is 36.3 Å². The third kappa shape index (κ3) is 4.97. The summed E-state index contributed by atoms with van der Waals surface area (Å²) >= 11 is 1.90. The smallest absolute Gasteiger partial charge is 0.261 e. The molecule has 158 valence electrons. The number of imide groups is 1. The Kier molecular flexibility index (Phi) is 7.41. The number of carbonyl (C=O) groups excluding carboxylic acids is 2. The lowest BCUT2D eigenvalue weighted by molar-refractivity contribution is 0.0657. The van der Waals surface area contributed by atoms with Gasteiger partial charge in [0.15, 0.2) is 5.96 Å². The molecule has 2 N–H and O–H groups in total. The maximum Gasteiger partial charge on any atom is 0.261 e. The van der Waals surface area contributed by atoms with Gasteiger partial charge in [0.2, 0.25) is 0 Å². The van der Waals surface area contributed by atoms with E-state index >= 15 is 0 Å². The van der Waals surface area contributed by atoms with Gasteiger partial charge >= 0.3 is 0 Å². The first-order valence-electron chi connectivity index (χ1n) is 9.76. The molecule has 0 atom stereocenters. The first-order chi connectivity index (χ1) is 14.1. The van der Waals surface area contributed by atoms with Crippen LogP contribution in [-0.2, 0) is 0 Å². The number of guanidine groups is 1. The summed E-state index contributed by atoms with van der Waals surface area (Å²) in [6.07, 6.45) is 2.34. The lowest BCUT2D eigenvalue weighted by Crippen LogP contribution is -2.44. The van der Waals surface area contributed by atoms with Gasteiger partial charge in [-0.15, -0.1) is 35.7 Å². The van der Waals surface area contributed by atoms with Crippen molar-refractivity contribution < 1.29 is 9.59 Å². The predicted octanol–water partition coefficient (Wildman–Crippen LogP) is 3.39. The first-order valence-corrected chi connectivity index (χ1v) is 10.6. The molecule has 0 radical (unpaired) electrons. The van der Waals surface area contributed by atoms with Crippen molar-refractivity contribution in [1.82, 2.24) is 15.5 Å². The van der Waals surface area contributed by atoms with E-state index in [0.29, 0.717) is 30.2 Å². The van der Waals surface area contributed by atoms with Gasteiger partial charge in [0.25, 0.3) is 11.8 Å². The fraction of sp³-hybridized carbons (Fsp3) is 0.318. The van der Waals surface area contributed by atoms with E-state index in [4.69, 9.17) is 0 Å².